The molecule has 134 valence electrons. The molecule has 6 heteroatoms. The zero-order valence-electron chi connectivity index (χ0n) is 14.3. The minimum atomic E-state index is -0.204. The summed E-state index contributed by atoms with van der Waals surface area (Å²) in [6, 6.07) is 23.0. The molecule has 0 unspecified atom stereocenters. The summed E-state index contributed by atoms with van der Waals surface area (Å²) < 4.78 is 6.61. The predicted octanol–water partition coefficient (Wildman–Crippen LogP) is 4.85. The van der Waals surface area contributed by atoms with Crippen LogP contribution in [0.2, 0.25) is 0 Å². The predicted molar refractivity (Wildman–Crippen MR) is 115 cm³/mol. The third-order valence-corrected chi connectivity index (χ3v) is 4.73. The van der Waals surface area contributed by atoms with E-state index >= 15 is 0 Å². The second-order valence-electron chi connectivity index (χ2n) is 5.97. The fourth-order valence-corrected chi connectivity index (χ4v) is 3.04. The second kappa shape index (κ2) is 7.79. The van der Waals surface area contributed by atoms with Gasteiger partial charge < -0.3 is 15.0 Å². The van der Waals surface area contributed by atoms with Crippen LogP contribution in [0.5, 0.6) is 5.75 Å². The van der Waals surface area contributed by atoms with E-state index in [0.717, 1.165) is 26.0 Å². The van der Waals surface area contributed by atoms with Gasteiger partial charge in [-0.2, -0.15) is 0 Å². The van der Waals surface area contributed by atoms with Crippen molar-refractivity contribution in [1.29, 1.82) is 0 Å². The number of aromatic nitrogens is 2. The number of amides is 1. The SMILES string of the molecule is O=C(COc1ccc(I)cc1)Nc1ccc(-c2nc3ccccc3[nH]2)cc1. The normalized spacial score (nSPS) is 10.7. The molecule has 1 heterocycles. The van der Waals surface area contributed by atoms with Crippen LogP contribution < -0.4 is 10.1 Å². The van der Waals surface area contributed by atoms with Crippen molar-refractivity contribution >= 4 is 45.2 Å². The highest BCUT2D eigenvalue weighted by Gasteiger charge is 2.07. The molecule has 0 atom stereocenters. The van der Waals surface area contributed by atoms with E-state index in [2.05, 4.69) is 37.9 Å². The summed E-state index contributed by atoms with van der Waals surface area (Å²) in [5, 5.41) is 2.83. The summed E-state index contributed by atoms with van der Waals surface area (Å²) in [4.78, 5) is 19.9. The number of benzene rings is 3. The van der Waals surface area contributed by atoms with E-state index in [-0.39, 0.29) is 12.5 Å². The zero-order chi connectivity index (χ0) is 18.6. The molecule has 3 aromatic carbocycles. The number of H-pyrrole nitrogens is 1. The van der Waals surface area contributed by atoms with Crippen LogP contribution in [0.1, 0.15) is 0 Å². The number of rotatable bonds is 5. The molecule has 5 nitrogen and oxygen atoms in total. The first-order valence-electron chi connectivity index (χ1n) is 8.41. The highest BCUT2D eigenvalue weighted by atomic mass is 127. The van der Waals surface area contributed by atoms with Crippen molar-refractivity contribution in [3.8, 4) is 17.1 Å². The van der Waals surface area contributed by atoms with Gasteiger partial charge in [-0.3, -0.25) is 4.79 Å². The van der Waals surface area contributed by atoms with E-state index < -0.39 is 0 Å². The summed E-state index contributed by atoms with van der Waals surface area (Å²) in [5.74, 6) is 1.27. The van der Waals surface area contributed by atoms with E-state index in [1.54, 1.807) is 0 Å². The third-order valence-electron chi connectivity index (χ3n) is 4.02. The molecule has 0 aliphatic rings. The topological polar surface area (TPSA) is 67.0 Å². The standard InChI is InChI=1S/C21H16IN3O2/c22-15-7-11-17(12-8-15)27-13-20(26)23-16-9-5-14(6-10-16)21-24-18-3-1-2-4-19(18)25-21/h1-12H,13H2,(H,23,26)(H,24,25). The molecule has 0 saturated heterocycles. The first-order chi connectivity index (χ1) is 13.2. The Kier molecular flexibility index (Phi) is 5.06. The van der Waals surface area contributed by atoms with E-state index in [1.165, 1.54) is 0 Å². The molecule has 2 N–H and O–H groups in total. The lowest BCUT2D eigenvalue weighted by molar-refractivity contribution is -0.118. The first kappa shape index (κ1) is 17.5. The molecule has 0 fully saturated rings. The van der Waals surface area contributed by atoms with Crippen molar-refractivity contribution in [3.63, 3.8) is 0 Å². The van der Waals surface area contributed by atoms with Crippen LogP contribution in [-0.2, 0) is 4.79 Å². The van der Waals surface area contributed by atoms with Crippen molar-refractivity contribution in [3.05, 3.63) is 76.4 Å². The van der Waals surface area contributed by atoms with Crippen LogP contribution in [0, 0.1) is 3.57 Å². The molecule has 0 bridgehead atoms. The zero-order valence-corrected chi connectivity index (χ0v) is 16.4. The number of hydrogen-bond acceptors (Lipinski definition) is 3. The molecular weight excluding hydrogens is 453 g/mol. The maximum atomic E-state index is 12.1. The number of halogens is 1. The van der Waals surface area contributed by atoms with Crippen molar-refractivity contribution in [2.75, 3.05) is 11.9 Å². The number of para-hydroxylation sites is 2. The largest absolute Gasteiger partial charge is 0.484 e. The van der Waals surface area contributed by atoms with E-state index in [4.69, 9.17) is 4.74 Å². The number of aromatic amines is 1. The van der Waals surface area contributed by atoms with Gasteiger partial charge in [0.2, 0.25) is 0 Å². The molecule has 0 aliphatic carbocycles. The van der Waals surface area contributed by atoms with Gasteiger partial charge >= 0.3 is 0 Å². The Bertz CT molecular complexity index is 1040. The van der Waals surface area contributed by atoms with Crippen LogP contribution in [-0.4, -0.2) is 22.5 Å². The molecule has 0 radical (unpaired) electrons. The molecule has 0 saturated carbocycles. The summed E-state index contributed by atoms with van der Waals surface area (Å²) in [6.07, 6.45) is 0. The number of nitrogens with one attached hydrogen (secondary N) is 2. The number of imidazole rings is 1. The number of carbonyl (C=O) groups is 1. The van der Waals surface area contributed by atoms with Gasteiger partial charge in [0.15, 0.2) is 6.61 Å². The summed E-state index contributed by atoms with van der Waals surface area (Å²) >= 11 is 2.22. The van der Waals surface area contributed by atoms with Crippen molar-refractivity contribution in [2.45, 2.75) is 0 Å². The Morgan fingerprint density at radius 3 is 2.48 bits per heavy atom. The van der Waals surface area contributed by atoms with Gasteiger partial charge in [0, 0.05) is 14.8 Å². The lowest BCUT2D eigenvalue weighted by Gasteiger charge is -2.08. The molecular formula is C21H16IN3O2. The van der Waals surface area contributed by atoms with Gasteiger partial charge in [0.25, 0.3) is 5.91 Å². The van der Waals surface area contributed by atoms with Gasteiger partial charge in [-0.05, 0) is 83.3 Å². The van der Waals surface area contributed by atoms with Crippen LogP contribution in [0.4, 0.5) is 5.69 Å². The van der Waals surface area contributed by atoms with E-state index in [1.807, 2.05) is 72.8 Å². The Balaban J connectivity index is 1.38. The van der Waals surface area contributed by atoms with Gasteiger partial charge in [0.05, 0.1) is 11.0 Å². The van der Waals surface area contributed by atoms with Crippen LogP contribution >= 0.6 is 22.6 Å². The van der Waals surface area contributed by atoms with Gasteiger partial charge in [-0.15, -0.1) is 0 Å². The summed E-state index contributed by atoms with van der Waals surface area (Å²) in [6.45, 7) is -0.0358. The minimum Gasteiger partial charge on any atom is -0.484 e. The number of carbonyl (C=O) groups excluding carboxylic acids is 1. The molecule has 27 heavy (non-hydrogen) atoms. The highest BCUT2D eigenvalue weighted by Crippen LogP contribution is 2.22. The fraction of sp³-hybridized carbons (Fsp3) is 0.0476. The van der Waals surface area contributed by atoms with Gasteiger partial charge in [-0.1, -0.05) is 12.1 Å². The Labute approximate surface area is 169 Å². The summed E-state index contributed by atoms with van der Waals surface area (Å²) in [5.41, 5.74) is 3.60. The fourth-order valence-electron chi connectivity index (χ4n) is 2.68. The minimum absolute atomic E-state index is 0.0358. The Hall–Kier alpha value is -2.87. The smallest absolute Gasteiger partial charge is 0.262 e. The van der Waals surface area contributed by atoms with Crippen LogP contribution in [0.25, 0.3) is 22.4 Å². The average Bonchev–Trinajstić information content (AvgIpc) is 3.12. The second-order valence-corrected chi connectivity index (χ2v) is 7.22. The quantitative estimate of drug-likeness (QED) is 0.411. The number of hydrogen-bond donors (Lipinski definition) is 2. The van der Waals surface area contributed by atoms with Crippen molar-refractivity contribution < 1.29 is 9.53 Å². The molecule has 1 aromatic heterocycles. The van der Waals surface area contributed by atoms with E-state index in [9.17, 15) is 4.79 Å². The van der Waals surface area contributed by atoms with Crippen molar-refractivity contribution in [1.82, 2.24) is 9.97 Å². The van der Waals surface area contributed by atoms with Crippen LogP contribution in [0.3, 0.4) is 0 Å². The Morgan fingerprint density at radius 2 is 1.74 bits per heavy atom. The van der Waals surface area contributed by atoms with E-state index in [0.29, 0.717) is 11.4 Å². The number of ether oxygens (including phenoxy) is 1. The number of fused-ring (bicyclic) bond motifs is 1. The van der Waals surface area contributed by atoms with Crippen LogP contribution in [0.15, 0.2) is 72.8 Å². The lowest BCUT2D eigenvalue weighted by Crippen LogP contribution is -2.20. The highest BCUT2D eigenvalue weighted by molar-refractivity contribution is 14.1. The third kappa shape index (κ3) is 4.28. The molecule has 1 amide bonds. The van der Waals surface area contributed by atoms with Gasteiger partial charge in [0.1, 0.15) is 11.6 Å². The monoisotopic (exact) mass is 469 g/mol. The molecule has 4 aromatic rings. The van der Waals surface area contributed by atoms with Crippen molar-refractivity contribution in [2.24, 2.45) is 0 Å². The maximum Gasteiger partial charge on any atom is 0.262 e. The lowest BCUT2D eigenvalue weighted by atomic mass is 10.2. The van der Waals surface area contributed by atoms with Gasteiger partial charge in [-0.25, -0.2) is 4.98 Å². The molecule has 4 rings (SSSR count). The average molecular weight is 469 g/mol. The Morgan fingerprint density at radius 1 is 1.00 bits per heavy atom. The first-order valence-corrected chi connectivity index (χ1v) is 9.49. The maximum absolute atomic E-state index is 12.1. The molecule has 0 spiro atoms. The summed E-state index contributed by atoms with van der Waals surface area (Å²) in [7, 11) is 0. The number of nitrogens with zero attached hydrogens (tertiary/aromatic N) is 1. The molecule has 0 aliphatic heterocycles. The number of anilines is 1.